The monoisotopic (exact) mass is 569 g/mol. The van der Waals surface area contributed by atoms with Crippen LogP contribution in [0.25, 0.3) is 0 Å². The highest BCUT2D eigenvalue weighted by atomic mass is 16.6. The maximum absolute atomic E-state index is 13.9. The number of Topliss-reactive ketones (excluding diaryl/α,β-unsaturated/α-hetero) is 1. The molecule has 10 nitrogen and oxygen atoms in total. The molecule has 0 unspecified atom stereocenters. The van der Waals surface area contributed by atoms with Crippen LogP contribution in [0.1, 0.15) is 42.7 Å². The molecule has 2 atom stereocenters. The molecule has 0 fully saturated rings. The number of benzene rings is 3. The summed E-state index contributed by atoms with van der Waals surface area (Å²) in [7, 11) is 4.69. The molecule has 3 aromatic carbocycles. The lowest BCUT2D eigenvalue weighted by atomic mass is 9.71. The molecule has 2 aliphatic rings. The van der Waals surface area contributed by atoms with Gasteiger partial charge in [-0.15, -0.1) is 0 Å². The minimum atomic E-state index is -0.793. The first-order valence-electron chi connectivity index (χ1n) is 13.4. The van der Waals surface area contributed by atoms with Crippen molar-refractivity contribution in [3.8, 4) is 17.2 Å². The number of hydrogen-bond donors (Lipinski definition) is 2. The van der Waals surface area contributed by atoms with Crippen molar-refractivity contribution in [3.63, 3.8) is 0 Å². The number of allylic oxidation sites excluding steroid dienone is 3. The van der Waals surface area contributed by atoms with Crippen LogP contribution in [0.4, 0.5) is 11.4 Å². The minimum absolute atomic E-state index is 0.118. The van der Waals surface area contributed by atoms with Crippen LogP contribution in [0, 0.1) is 10.1 Å². The van der Waals surface area contributed by atoms with Gasteiger partial charge in [-0.1, -0.05) is 18.2 Å². The lowest BCUT2D eigenvalue weighted by Gasteiger charge is -2.37. The predicted molar refractivity (Wildman–Crippen MR) is 157 cm³/mol. The minimum Gasteiger partial charge on any atom is -0.497 e. The number of nitro benzene ring substituents is 1. The fourth-order valence-corrected chi connectivity index (χ4v) is 5.71. The first-order valence-corrected chi connectivity index (χ1v) is 13.4. The first kappa shape index (κ1) is 28.4. The molecule has 0 saturated heterocycles. The topological polar surface area (TPSA) is 129 Å². The zero-order valence-corrected chi connectivity index (χ0v) is 23.7. The average Bonchev–Trinajstić information content (AvgIpc) is 3.00. The number of carbonyl (C=O) groups is 2. The summed E-state index contributed by atoms with van der Waals surface area (Å²) in [6.07, 6.45) is 0.709. The number of ketones is 1. The molecule has 42 heavy (non-hydrogen) atoms. The van der Waals surface area contributed by atoms with E-state index in [0.717, 1.165) is 5.56 Å². The Balaban J connectivity index is 1.56. The maximum Gasteiger partial charge on any atom is 0.269 e. The molecule has 1 heterocycles. The number of amides is 1. The highest BCUT2D eigenvalue weighted by molar-refractivity contribution is 6.10. The Labute approximate surface area is 243 Å². The number of non-ortho nitro benzene ring substituents is 1. The normalized spacial score (nSPS) is 18.1. The molecule has 0 radical (unpaired) electrons. The van der Waals surface area contributed by atoms with E-state index in [9.17, 15) is 19.7 Å². The van der Waals surface area contributed by atoms with E-state index in [1.807, 2.05) is 18.2 Å². The average molecular weight is 570 g/mol. The number of hydrogen-bond acceptors (Lipinski definition) is 8. The van der Waals surface area contributed by atoms with E-state index >= 15 is 0 Å². The number of ether oxygens (including phenoxy) is 3. The molecule has 2 N–H and O–H groups in total. The van der Waals surface area contributed by atoms with Crippen LogP contribution < -0.4 is 24.8 Å². The van der Waals surface area contributed by atoms with Gasteiger partial charge in [-0.05, 0) is 66.8 Å². The molecule has 1 aliphatic heterocycles. The van der Waals surface area contributed by atoms with Gasteiger partial charge in [-0.25, -0.2) is 0 Å². The van der Waals surface area contributed by atoms with Gasteiger partial charge in [0.2, 0.25) is 0 Å². The van der Waals surface area contributed by atoms with Crippen LogP contribution in [0.3, 0.4) is 0 Å². The van der Waals surface area contributed by atoms with E-state index in [-0.39, 0.29) is 23.8 Å². The Morgan fingerprint density at radius 3 is 2.33 bits per heavy atom. The van der Waals surface area contributed by atoms with Crippen LogP contribution in [-0.4, -0.2) is 37.9 Å². The molecule has 10 heteroatoms. The van der Waals surface area contributed by atoms with Gasteiger partial charge in [0.1, 0.15) is 5.75 Å². The van der Waals surface area contributed by atoms with Crippen molar-refractivity contribution in [2.45, 2.75) is 31.6 Å². The highest BCUT2D eigenvalue weighted by Crippen LogP contribution is 2.47. The van der Waals surface area contributed by atoms with E-state index in [4.69, 9.17) is 14.2 Å². The molecule has 0 bridgehead atoms. The summed E-state index contributed by atoms with van der Waals surface area (Å²) in [5.41, 5.74) is 3.87. The maximum atomic E-state index is 13.9. The standard InChI is InChI=1S/C32H31N3O7/c1-18-29(32(37)34-22-9-11-24(40-2)12-10-22)30(20-6-5-7-23(14-20)35(38)39)31-25(33-18)15-21(16-26(31)36)19-8-13-27(41-3)28(17-19)42-4/h5-14,17,21,30,33H,15-16H2,1-4H3,(H,34,37)/t21-,30-/m0/s1. The third-order valence-corrected chi connectivity index (χ3v) is 7.71. The van der Waals surface area contributed by atoms with Gasteiger partial charge in [0.25, 0.3) is 11.6 Å². The quantitative estimate of drug-likeness (QED) is 0.264. The van der Waals surface area contributed by atoms with Gasteiger partial charge in [0.05, 0.1) is 26.3 Å². The number of rotatable bonds is 8. The molecule has 5 rings (SSSR count). The van der Waals surface area contributed by atoms with Crippen molar-refractivity contribution in [1.82, 2.24) is 5.32 Å². The predicted octanol–water partition coefficient (Wildman–Crippen LogP) is 5.62. The number of methoxy groups -OCH3 is 3. The van der Waals surface area contributed by atoms with Gasteiger partial charge in [-0.3, -0.25) is 19.7 Å². The van der Waals surface area contributed by atoms with Gasteiger partial charge in [0, 0.05) is 52.7 Å². The molecule has 0 spiro atoms. The van der Waals surface area contributed by atoms with Crippen molar-refractivity contribution in [1.29, 1.82) is 0 Å². The Morgan fingerprint density at radius 1 is 0.929 bits per heavy atom. The lowest BCUT2D eigenvalue weighted by molar-refractivity contribution is -0.384. The van der Waals surface area contributed by atoms with Crippen molar-refractivity contribution >= 4 is 23.1 Å². The van der Waals surface area contributed by atoms with E-state index in [2.05, 4.69) is 10.6 Å². The largest absolute Gasteiger partial charge is 0.497 e. The van der Waals surface area contributed by atoms with Gasteiger partial charge >= 0.3 is 0 Å². The van der Waals surface area contributed by atoms with Crippen LogP contribution >= 0.6 is 0 Å². The third kappa shape index (κ3) is 5.43. The number of anilines is 1. The van der Waals surface area contributed by atoms with Gasteiger partial charge in [-0.2, -0.15) is 0 Å². The Morgan fingerprint density at radius 2 is 1.67 bits per heavy atom. The van der Waals surface area contributed by atoms with Gasteiger partial charge < -0.3 is 24.8 Å². The zero-order valence-electron chi connectivity index (χ0n) is 23.7. The molecule has 0 aromatic heterocycles. The summed E-state index contributed by atoms with van der Waals surface area (Å²) in [5, 5.41) is 17.9. The Hall–Kier alpha value is -5.12. The molecule has 1 aliphatic carbocycles. The number of dihydropyridines is 1. The summed E-state index contributed by atoms with van der Waals surface area (Å²) < 4.78 is 16.0. The fraction of sp³-hybridized carbons (Fsp3) is 0.250. The first-order chi connectivity index (χ1) is 20.2. The van der Waals surface area contributed by atoms with Crippen LogP contribution in [0.15, 0.2) is 89.3 Å². The van der Waals surface area contributed by atoms with Crippen molar-refractivity contribution < 1.29 is 28.7 Å². The van der Waals surface area contributed by atoms with E-state index in [1.165, 1.54) is 12.1 Å². The number of nitrogens with one attached hydrogen (secondary N) is 2. The number of nitro groups is 1. The van der Waals surface area contributed by atoms with E-state index in [0.29, 0.717) is 57.5 Å². The Kier molecular flexibility index (Phi) is 7.97. The number of carbonyl (C=O) groups excluding carboxylic acids is 2. The second-order valence-corrected chi connectivity index (χ2v) is 10.2. The van der Waals surface area contributed by atoms with Crippen LogP contribution in [-0.2, 0) is 9.59 Å². The highest BCUT2D eigenvalue weighted by Gasteiger charge is 2.41. The molecule has 3 aromatic rings. The van der Waals surface area contributed by atoms with Crippen LogP contribution in [0.5, 0.6) is 17.2 Å². The molecular formula is C32H31N3O7. The fourth-order valence-electron chi connectivity index (χ4n) is 5.71. The summed E-state index contributed by atoms with van der Waals surface area (Å²) in [6, 6.07) is 18.6. The molecular weight excluding hydrogens is 538 g/mol. The summed E-state index contributed by atoms with van der Waals surface area (Å²) in [5.74, 6) is 0.321. The van der Waals surface area contributed by atoms with Crippen molar-refractivity contribution in [2.24, 2.45) is 0 Å². The van der Waals surface area contributed by atoms with E-state index < -0.39 is 16.7 Å². The molecule has 0 saturated carbocycles. The number of nitrogens with zero attached hydrogens (tertiary/aromatic N) is 1. The molecule has 216 valence electrons. The summed E-state index contributed by atoms with van der Waals surface area (Å²) >= 11 is 0. The smallest absolute Gasteiger partial charge is 0.269 e. The van der Waals surface area contributed by atoms with Gasteiger partial charge in [0.15, 0.2) is 17.3 Å². The summed E-state index contributed by atoms with van der Waals surface area (Å²) in [6.45, 7) is 1.78. The third-order valence-electron chi connectivity index (χ3n) is 7.71. The second-order valence-electron chi connectivity index (χ2n) is 10.2. The lowest BCUT2D eigenvalue weighted by Crippen LogP contribution is -2.37. The molecule has 1 amide bonds. The van der Waals surface area contributed by atoms with Crippen molar-refractivity contribution in [2.75, 3.05) is 26.6 Å². The van der Waals surface area contributed by atoms with E-state index in [1.54, 1.807) is 64.7 Å². The SMILES string of the molecule is COc1ccc(NC(=O)C2=C(C)NC3=C(C(=O)C[C@@H](c4ccc(OC)c(OC)c4)C3)[C@H]2c2cccc([N+](=O)[O-])c2)cc1. The zero-order chi connectivity index (χ0) is 30.0. The summed E-state index contributed by atoms with van der Waals surface area (Å²) in [4.78, 5) is 38.9. The van der Waals surface area contributed by atoms with Crippen LogP contribution in [0.2, 0.25) is 0 Å². The van der Waals surface area contributed by atoms with Crippen molar-refractivity contribution in [3.05, 3.63) is 111 Å². The Bertz CT molecular complexity index is 1630. The second kappa shape index (κ2) is 11.8.